The number of likely N-dealkylation sites (N-methyl/N-ethyl adjacent to an activating group) is 1. The summed E-state index contributed by atoms with van der Waals surface area (Å²) in [6.07, 6.45) is 4.10. The van der Waals surface area contributed by atoms with Crippen molar-refractivity contribution in [1.29, 1.82) is 0 Å². The monoisotopic (exact) mass is 346 g/mol. The maximum absolute atomic E-state index is 12.5. The first-order valence-electron chi connectivity index (χ1n) is 7.26. The Kier molecular flexibility index (Phi) is 5.78. The molecule has 1 amide bonds. The third-order valence-electron chi connectivity index (χ3n) is 3.21. The summed E-state index contributed by atoms with van der Waals surface area (Å²) in [5, 5.41) is 4.64. The van der Waals surface area contributed by atoms with E-state index < -0.39 is 21.1 Å². The van der Waals surface area contributed by atoms with Gasteiger partial charge < -0.3 is 5.32 Å². The molecule has 2 N–H and O–H groups in total. The Hall–Kier alpha value is -2.58. The molecular weight excluding hydrogens is 328 g/mol. The molecule has 24 heavy (non-hydrogen) atoms. The number of anilines is 1. The summed E-state index contributed by atoms with van der Waals surface area (Å²) >= 11 is 0. The second-order valence-electron chi connectivity index (χ2n) is 4.83. The van der Waals surface area contributed by atoms with Crippen molar-refractivity contribution in [1.82, 2.24) is 15.3 Å². The highest BCUT2D eigenvalue weighted by Crippen LogP contribution is 2.18. The molecule has 0 fully saturated rings. The number of amides is 1. The van der Waals surface area contributed by atoms with Crippen molar-refractivity contribution in [2.24, 2.45) is 0 Å². The molecule has 2 rings (SSSR count). The first-order chi connectivity index (χ1) is 11.5. The van der Waals surface area contributed by atoms with Gasteiger partial charge in [0.1, 0.15) is 17.4 Å². The highest BCUT2D eigenvalue weighted by atomic mass is 32.2. The van der Waals surface area contributed by atoms with Gasteiger partial charge in [0.05, 0.1) is 4.90 Å². The van der Waals surface area contributed by atoms with Crippen LogP contribution >= 0.6 is 0 Å². The molecule has 1 aromatic heterocycles. The van der Waals surface area contributed by atoms with E-state index in [1.54, 1.807) is 0 Å². The Balaban J connectivity index is 2.16. The summed E-state index contributed by atoms with van der Waals surface area (Å²) in [6.45, 7) is 5.87. The molecule has 1 aromatic carbocycles. The van der Waals surface area contributed by atoms with Gasteiger partial charge in [-0.15, -0.1) is 6.58 Å². The van der Waals surface area contributed by atoms with Gasteiger partial charge in [0.15, 0.2) is 9.84 Å². The lowest BCUT2D eigenvalue weighted by atomic mass is 10.3. The predicted molar refractivity (Wildman–Crippen MR) is 91.3 cm³/mol. The number of rotatable bonds is 7. The molecule has 0 saturated heterocycles. The maximum atomic E-state index is 12.5. The smallest absolute Gasteiger partial charge is 0.274 e. The number of hydrogen-bond donors (Lipinski definition) is 2. The number of carbonyl (C=O) groups excluding carboxylic acids is 1. The zero-order valence-corrected chi connectivity index (χ0v) is 14.0. The first-order valence-corrected chi connectivity index (χ1v) is 8.81. The molecule has 2 aromatic rings. The number of sulfone groups is 1. The van der Waals surface area contributed by atoms with E-state index >= 15 is 0 Å². The summed E-state index contributed by atoms with van der Waals surface area (Å²) in [5.41, 5.74) is 0.691. The van der Waals surface area contributed by atoms with Gasteiger partial charge in [-0.2, -0.15) is 0 Å². The molecule has 1 unspecified atom stereocenters. The minimum atomic E-state index is -3.57. The van der Waals surface area contributed by atoms with E-state index in [1.165, 1.54) is 48.9 Å². The zero-order chi connectivity index (χ0) is 17.6. The molecule has 0 aliphatic carbocycles. The number of carbonyl (C=O) groups is 1. The van der Waals surface area contributed by atoms with Crippen molar-refractivity contribution in [3.05, 3.63) is 61.2 Å². The number of nitrogens with zero attached hydrogens (tertiary/aromatic N) is 2. The average molecular weight is 346 g/mol. The second kappa shape index (κ2) is 7.80. The van der Waals surface area contributed by atoms with Gasteiger partial charge in [-0.1, -0.05) is 13.0 Å². The van der Waals surface area contributed by atoms with Crippen molar-refractivity contribution < 1.29 is 13.2 Å². The van der Waals surface area contributed by atoms with Crippen LogP contribution in [-0.4, -0.2) is 36.2 Å². The van der Waals surface area contributed by atoms with E-state index in [2.05, 4.69) is 27.2 Å². The van der Waals surface area contributed by atoms with Crippen molar-refractivity contribution in [3.63, 3.8) is 0 Å². The van der Waals surface area contributed by atoms with Crippen LogP contribution in [0.4, 0.5) is 5.69 Å². The van der Waals surface area contributed by atoms with Crippen LogP contribution in [0.2, 0.25) is 0 Å². The normalized spacial score (nSPS) is 12.4. The third kappa shape index (κ3) is 4.03. The average Bonchev–Trinajstić information content (AvgIpc) is 2.60. The second-order valence-corrected chi connectivity index (χ2v) is 6.90. The lowest BCUT2D eigenvalue weighted by molar-refractivity contribution is 0.102. The minimum absolute atomic E-state index is 0.147. The predicted octanol–water partition coefficient (Wildman–Crippen LogP) is 1.62. The van der Waals surface area contributed by atoms with Crippen molar-refractivity contribution in [3.8, 4) is 0 Å². The molecule has 0 bridgehead atoms. The standard InChI is InChI=1S/C16H18N4O3S/c1-3-15(18-4-2)24(22,23)13-7-5-12(6-8-13)20-16(21)14-9-10-17-11-19-14/h3,5-11,15,18H,1,4H2,2H3,(H,20,21). The van der Waals surface area contributed by atoms with Gasteiger partial charge in [-0.3, -0.25) is 10.1 Å². The van der Waals surface area contributed by atoms with Gasteiger partial charge in [-0.25, -0.2) is 18.4 Å². The number of benzene rings is 1. The molecule has 0 aliphatic rings. The van der Waals surface area contributed by atoms with Crippen LogP contribution in [0.3, 0.4) is 0 Å². The quantitative estimate of drug-likeness (QED) is 0.739. The highest BCUT2D eigenvalue weighted by molar-refractivity contribution is 7.92. The number of hydrogen-bond acceptors (Lipinski definition) is 6. The van der Waals surface area contributed by atoms with Crippen LogP contribution in [0.25, 0.3) is 0 Å². The number of aromatic nitrogens is 2. The summed E-state index contributed by atoms with van der Waals surface area (Å²) < 4.78 is 24.9. The van der Waals surface area contributed by atoms with Gasteiger partial charge in [0, 0.05) is 11.9 Å². The molecule has 1 atom stereocenters. The van der Waals surface area contributed by atoms with Crippen LogP contribution in [-0.2, 0) is 9.84 Å². The van der Waals surface area contributed by atoms with E-state index in [-0.39, 0.29) is 10.6 Å². The van der Waals surface area contributed by atoms with Crippen LogP contribution in [0.15, 0.2) is 60.4 Å². The van der Waals surface area contributed by atoms with E-state index in [9.17, 15) is 13.2 Å². The lowest BCUT2D eigenvalue weighted by Gasteiger charge is -2.15. The fraction of sp³-hybridized carbons (Fsp3) is 0.188. The SMILES string of the molecule is C=CC(NCC)S(=O)(=O)c1ccc(NC(=O)c2ccncn2)cc1. The Labute approximate surface area is 140 Å². The molecule has 0 radical (unpaired) electrons. The lowest BCUT2D eigenvalue weighted by Crippen LogP contribution is -2.34. The van der Waals surface area contributed by atoms with E-state index in [0.717, 1.165) is 0 Å². The topological polar surface area (TPSA) is 101 Å². The molecule has 0 aliphatic heterocycles. The van der Waals surface area contributed by atoms with Crippen LogP contribution in [0.1, 0.15) is 17.4 Å². The van der Waals surface area contributed by atoms with E-state index in [1.807, 2.05) is 6.92 Å². The summed E-state index contributed by atoms with van der Waals surface area (Å²) in [7, 11) is -3.57. The van der Waals surface area contributed by atoms with Crippen molar-refractivity contribution >= 4 is 21.4 Å². The minimum Gasteiger partial charge on any atom is -0.321 e. The fourth-order valence-electron chi connectivity index (χ4n) is 2.02. The molecule has 0 spiro atoms. The third-order valence-corrected chi connectivity index (χ3v) is 5.17. The van der Waals surface area contributed by atoms with Crippen LogP contribution in [0.5, 0.6) is 0 Å². The van der Waals surface area contributed by atoms with Gasteiger partial charge in [-0.05, 0) is 36.9 Å². The van der Waals surface area contributed by atoms with Gasteiger partial charge in [0.25, 0.3) is 5.91 Å². The van der Waals surface area contributed by atoms with E-state index in [0.29, 0.717) is 12.2 Å². The summed E-state index contributed by atoms with van der Waals surface area (Å²) in [6, 6.07) is 7.42. The van der Waals surface area contributed by atoms with Crippen LogP contribution in [0, 0.1) is 0 Å². The van der Waals surface area contributed by atoms with Crippen molar-refractivity contribution in [2.75, 3.05) is 11.9 Å². The largest absolute Gasteiger partial charge is 0.321 e. The molecule has 7 nitrogen and oxygen atoms in total. The molecular formula is C16H18N4O3S. The molecule has 8 heteroatoms. The Bertz CT molecular complexity index is 805. The molecule has 1 heterocycles. The van der Waals surface area contributed by atoms with E-state index in [4.69, 9.17) is 0 Å². The summed E-state index contributed by atoms with van der Waals surface area (Å²) in [5.74, 6) is -0.398. The maximum Gasteiger partial charge on any atom is 0.274 e. The first kappa shape index (κ1) is 17.8. The molecule has 0 saturated carbocycles. The van der Waals surface area contributed by atoms with Crippen LogP contribution < -0.4 is 10.6 Å². The zero-order valence-electron chi connectivity index (χ0n) is 13.1. The van der Waals surface area contributed by atoms with Gasteiger partial charge in [0.2, 0.25) is 0 Å². The Morgan fingerprint density at radius 3 is 2.54 bits per heavy atom. The Morgan fingerprint density at radius 2 is 2.00 bits per heavy atom. The summed E-state index contributed by atoms with van der Waals surface area (Å²) in [4.78, 5) is 19.7. The Morgan fingerprint density at radius 1 is 1.29 bits per heavy atom. The fourth-order valence-corrected chi connectivity index (χ4v) is 3.46. The van der Waals surface area contributed by atoms with Crippen molar-refractivity contribution in [2.45, 2.75) is 17.2 Å². The highest BCUT2D eigenvalue weighted by Gasteiger charge is 2.23. The number of nitrogens with one attached hydrogen (secondary N) is 2. The molecule has 126 valence electrons. The van der Waals surface area contributed by atoms with Gasteiger partial charge >= 0.3 is 0 Å².